The Morgan fingerprint density at radius 2 is 1.84 bits per heavy atom. The van der Waals surface area contributed by atoms with E-state index in [9.17, 15) is 17.6 Å². The SMILES string of the molecule is CN(C(=O)c1ccccc1Nc1ccc(F)cc1)[C@H]1CCS(=O)(=O)C1. The zero-order chi connectivity index (χ0) is 18.0. The first-order valence-corrected chi connectivity index (χ1v) is 9.77. The predicted octanol–water partition coefficient (Wildman–Crippen LogP) is 2.83. The number of nitrogens with zero attached hydrogens (tertiary/aromatic N) is 1. The highest BCUT2D eigenvalue weighted by Gasteiger charge is 2.33. The maximum atomic E-state index is 13.0. The van der Waals surface area contributed by atoms with Crippen LogP contribution in [0.3, 0.4) is 0 Å². The van der Waals surface area contributed by atoms with Gasteiger partial charge in [0.15, 0.2) is 9.84 Å². The van der Waals surface area contributed by atoms with E-state index in [2.05, 4.69) is 5.32 Å². The Kier molecular flexibility index (Phi) is 4.76. The van der Waals surface area contributed by atoms with E-state index >= 15 is 0 Å². The molecule has 2 aromatic rings. The standard InChI is InChI=1S/C18H19FN2O3S/c1-21(15-10-11-25(23,24)12-15)18(22)16-4-2-3-5-17(16)20-14-8-6-13(19)7-9-14/h2-9,15,20H,10-12H2,1H3/t15-/m0/s1. The lowest BCUT2D eigenvalue weighted by Crippen LogP contribution is -2.38. The van der Waals surface area contributed by atoms with Crippen molar-refractivity contribution in [3.63, 3.8) is 0 Å². The van der Waals surface area contributed by atoms with Gasteiger partial charge < -0.3 is 10.2 Å². The number of amides is 1. The van der Waals surface area contributed by atoms with Crippen molar-refractivity contribution >= 4 is 27.1 Å². The lowest BCUT2D eigenvalue weighted by Gasteiger charge is -2.24. The van der Waals surface area contributed by atoms with E-state index in [-0.39, 0.29) is 29.3 Å². The summed E-state index contributed by atoms with van der Waals surface area (Å²) in [6.07, 6.45) is 0.456. The number of benzene rings is 2. The van der Waals surface area contributed by atoms with Crippen LogP contribution in [0.15, 0.2) is 48.5 Å². The van der Waals surface area contributed by atoms with Crippen molar-refractivity contribution in [2.45, 2.75) is 12.5 Å². The molecule has 132 valence electrons. The smallest absolute Gasteiger partial charge is 0.255 e. The van der Waals surface area contributed by atoms with Crippen LogP contribution in [-0.4, -0.2) is 43.8 Å². The normalized spacial score (nSPS) is 18.7. The number of hydrogen-bond donors (Lipinski definition) is 1. The van der Waals surface area contributed by atoms with E-state index in [0.717, 1.165) is 0 Å². The lowest BCUT2D eigenvalue weighted by molar-refractivity contribution is 0.0748. The van der Waals surface area contributed by atoms with Crippen molar-refractivity contribution < 1.29 is 17.6 Å². The summed E-state index contributed by atoms with van der Waals surface area (Å²) in [6, 6.07) is 12.5. The van der Waals surface area contributed by atoms with E-state index in [4.69, 9.17) is 0 Å². The fourth-order valence-corrected chi connectivity index (χ4v) is 4.68. The first-order valence-electron chi connectivity index (χ1n) is 7.95. The van der Waals surface area contributed by atoms with Crippen molar-refractivity contribution in [2.75, 3.05) is 23.9 Å². The largest absolute Gasteiger partial charge is 0.355 e. The second-order valence-electron chi connectivity index (χ2n) is 6.15. The molecule has 0 unspecified atom stereocenters. The van der Waals surface area contributed by atoms with Crippen molar-refractivity contribution in [3.8, 4) is 0 Å². The number of carbonyl (C=O) groups is 1. The van der Waals surface area contributed by atoms with Gasteiger partial charge in [0.25, 0.3) is 5.91 Å². The molecule has 1 saturated heterocycles. The van der Waals surface area contributed by atoms with E-state index < -0.39 is 9.84 Å². The number of anilines is 2. The number of halogens is 1. The summed E-state index contributed by atoms with van der Waals surface area (Å²) in [7, 11) is -1.44. The van der Waals surface area contributed by atoms with Gasteiger partial charge in [-0.05, 0) is 42.8 Å². The molecule has 25 heavy (non-hydrogen) atoms. The Hall–Kier alpha value is -2.41. The molecule has 1 N–H and O–H groups in total. The molecule has 5 nitrogen and oxygen atoms in total. The summed E-state index contributed by atoms with van der Waals surface area (Å²) in [4.78, 5) is 14.3. The highest BCUT2D eigenvalue weighted by molar-refractivity contribution is 7.91. The number of nitrogens with one attached hydrogen (secondary N) is 1. The van der Waals surface area contributed by atoms with Crippen LogP contribution in [-0.2, 0) is 9.84 Å². The van der Waals surface area contributed by atoms with Gasteiger partial charge in [0.2, 0.25) is 0 Å². The molecule has 1 fully saturated rings. The molecular formula is C18H19FN2O3S. The minimum atomic E-state index is -3.06. The zero-order valence-corrected chi connectivity index (χ0v) is 14.6. The quantitative estimate of drug-likeness (QED) is 0.908. The molecule has 7 heteroatoms. The first kappa shape index (κ1) is 17.4. The second kappa shape index (κ2) is 6.84. The summed E-state index contributed by atoms with van der Waals surface area (Å²) in [5, 5.41) is 3.11. The number of para-hydroxylation sites is 1. The molecule has 0 radical (unpaired) electrons. The van der Waals surface area contributed by atoms with Crippen LogP contribution < -0.4 is 5.32 Å². The predicted molar refractivity (Wildman–Crippen MR) is 95.3 cm³/mol. The maximum Gasteiger partial charge on any atom is 0.255 e. The Labute approximate surface area is 146 Å². The molecule has 1 atom stereocenters. The topological polar surface area (TPSA) is 66.5 Å². The van der Waals surface area contributed by atoms with Crippen LogP contribution in [0.4, 0.5) is 15.8 Å². The van der Waals surface area contributed by atoms with Crippen molar-refractivity contribution in [3.05, 3.63) is 59.9 Å². The number of rotatable bonds is 4. The zero-order valence-electron chi connectivity index (χ0n) is 13.8. The summed E-state index contributed by atoms with van der Waals surface area (Å²) >= 11 is 0. The Morgan fingerprint density at radius 3 is 2.48 bits per heavy atom. The maximum absolute atomic E-state index is 13.0. The van der Waals surface area contributed by atoms with E-state index in [1.807, 2.05) is 0 Å². The van der Waals surface area contributed by atoms with Gasteiger partial charge in [-0.1, -0.05) is 12.1 Å². The molecule has 1 aliphatic rings. The van der Waals surface area contributed by atoms with Gasteiger partial charge in [-0.25, -0.2) is 12.8 Å². The van der Waals surface area contributed by atoms with Gasteiger partial charge in [-0.15, -0.1) is 0 Å². The van der Waals surface area contributed by atoms with Crippen LogP contribution >= 0.6 is 0 Å². The van der Waals surface area contributed by atoms with Crippen LogP contribution in [0.25, 0.3) is 0 Å². The second-order valence-corrected chi connectivity index (χ2v) is 8.38. The Morgan fingerprint density at radius 1 is 1.16 bits per heavy atom. The van der Waals surface area contributed by atoms with Gasteiger partial charge >= 0.3 is 0 Å². The Balaban J connectivity index is 1.82. The van der Waals surface area contributed by atoms with Crippen LogP contribution in [0.5, 0.6) is 0 Å². The minimum absolute atomic E-state index is 0.00278. The minimum Gasteiger partial charge on any atom is -0.355 e. The van der Waals surface area contributed by atoms with Crippen molar-refractivity contribution in [1.29, 1.82) is 0 Å². The summed E-state index contributed by atoms with van der Waals surface area (Å²) in [5.74, 6) is -0.461. The molecule has 0 bridgehead atoms. The molecule has 0 aliphatic carbocycles. The molecular weight excluding hydrogens is 343 g/mol. The van der Waals surface area contributed by atoms with Gasteiger partial charge in [0.1, 0.15) is 5.82 Å². The van der Waals surface area contributed by atoms with Crippen LogP contribution in [0, 0.1) is 5.82 Å². The number of carbonyl (C=O) groups excluding carboxylic acids is 1. The monoisotopic (exact) mass is 362 g/mol. The Bertz CT molecular complexity index is 881. The van der Waals surface area contributed by atoms with Crippen LogP contribution in [0.2, 0.25) is 0 Å². The van der Waals surface area contributed by atoms with Gasteiger partial charge in [0.05, 0.1) is 22.8 Å². The average molecular weight is 362 g/mol. The fourth-order valence-electron chi connectivity index (χ4n) is 2.90. The molecule has 2 aromatic carbocycles. The number of hydrogen-bond acceptors (Lipinski definition) is 4. The lowest BCUT2D eigenvalue weighted by atomic mass is 10.1. The van der Waals surface area contributed by atoms with Gasteiger partial charge in [-0.2, -0.15) is 0 Å². The third-order valence-electron chi connectivity index (χ3n) is 4.36. The molecule has 0 saturated carbocycles. The third-order valence-corrected chi connectivity index (χ3v) is 6.11. The first-order chi connectivity index (χ1) is 11.9. The van der Waals surface area contributed by atoms with E-state index in [0.29, 0.717) is 23.4 Å². The van der Waals surface area contributed by atoms with Gasteiger partial charge in [-0.3, -0.25) is 4.79 Å². The summed E-state index contributed by atoms with van der Waals surface area (Å²) < 4.78 is 36.4. The van der Waals surface area contributed by atoms with Crippen molar-refractivity contribution in [2.24, 2.45) is 0 Å². The molecule has 0 spiro atoms. The average Bonchev–Trinajstić information content (AvgIpc) is 2.96. The molecule has 0 aromatic heterocycles. The third kappa shape index (κ3) is 3.99. The highest BCUT2D eigenvalue weighted by atomic mass is 32.2. The summed E-state index contributed by atoms with van der Waals surface area (Å²) in [5.41, 5.74) is 1.69. The van der Waals surface area contributed by atoms with Crippen molar-refractivity contribution in [1.82, 2.24) is 4.90 Å². The molecule has 1 heterocycles. The molecule has 1 aliphatic heterocycles. The summed E-state index contributed by atoms with van der Waals surface area (Å²) in [6.45, 7) is 0. The molecule has 3 rings (SSSR count). The van der Waals surface area contributed by atoms with Crippen LogP contribution in [0.1, 0.15) is 16.8 Å². The highest BCUT2D eigenvalue weighted by Crippen LogP contribution is 2.24. The fraction of sp³-hybridized carbons (Fsp3) is 0.278. The molecule has 1 amide bonds. The van der Waals surface area contributed by atoms with E-state index in [1.165, 1.54) is 17.0 Å². The number of sulfone groups is 1. The van der Waals surface area contributed by atoms with E-state index in [1.54, 1.807) is 43.4 Å². The van der Waals surface area contributed by atoms with Gasteiger partial charge in [0, 0.05) is 18.8 Å².